The van der Waals surface area contributed by atoms with Crippen molar-refractivity contribution in [2.24, 2.45) is 5.92 Å². The predicted octanol–water partition coefficient (Wildman–Crippen LogP) is 5.40. The van der Waals surface area contributed by atoms with Gasteiger partial charge in [-0.2, -0.15) is 0 Å². The number of ether oxygens (including phenoxy) is 1. The lowest BCUT2D eigenvalue weighted by Crippen LogP contribution is -2.57. The maximum atomic E-state index is 13.9. The quantitative estimate of drug-likeness (QED) is 0.292. The Bertz CT molecular complexity index is 1830. The first-order valence-electron chi connectivity index (χ1n) is 17.5. The maximum Gasteiger partial charge on any atom is 0.408 e. The molecule has 1 atom stereocenters. The molecule has 1 aromatic carbocycles. The summed E-state index contributed by atoms with van der Waals surface area (Å²) >= 11 is 7.16. The van der Waals surface area contributed by atoms with Crippen molar-refractivity contribution in [3.05, 3.63) is 51.7 Å². The summed E-state index contributed by atoms with van der Waals surface area (Å²) in [5.41, 5.74) is 0.190. The van der Waals surface area contributed by atoms with Crippen molar-refractivity contribution < 1.29 is 30.1 Å². The largest absolute Gasteiger partial charge is 0.444 e. The van der Waals surface area contributed by atoms with Gasteiger partial charge in [0.1, 0.15) is 34.0 Å². The van der Waals surface area contributed by atoms with Crippen LogP contribution in [0, 0.1) is 19.8 Å². The molecule has 1 saturated heterocycles. The van der Waals surface area contributed by atoms with Crippen LogP contribution in [-0.4, -0.2) is 75.4 Å². The van der Waals surface area contributed by atoms with Crippen molar-refractivity contribution in [2.45, 2.75) is 60.1 Å². The number of aryl methyl sites for hydroxylation is 2. The van der Waals surface area contributed by atoms with Crippen LogP contribution in [0.3, 0.4) is 0 Å². The first kappa shape index (κ1) is 23.4. The number of nitrogens with zero attached hydrogens (tertiary/aromatic N) is 5. The van der Waals surface area contributed by atoms with Gasteiger partial charge in [-0.25, -0.2) is 19.7 Å². The molecular weight excluding hydrogens is 604 g/mol. The standard InChI is InChI=1S/C30H39ClN8O4S/c1-17(2)24(37-29(42)43-30(5,6)7)27(41)39-13-11-38(12-14-39)23-15-22(33-19(4)34-23)35-28-32-16-21(44-28)26(40)36-25-18(3)9-8-10-20(25)31/h8-10,15-17,24H,11-14H2,1-7H3,(H,36,40)(H,37,42)(H,32,33,34,35)/i11D2,12D2,13D2,14D2. The summed E-state index contributed by atoms with van der Waals surface area (Å²) in [6.07, 6.45) is 0.229. The minimum absolute atomic E-state index is 0.0450. The fourth-order valence-corrected chi connectivity index (χ4v) is 4.80. The van der Waals surface area contributed by atoms with E-state index in [9.17, 15) is 14.4 Å². The SMILES string of the molecule is [2H]C1([2H])N(C(=O)C(NC(=O)OC(C)(C)C)C(C)C)C([2H])([2H])C([2H])([2H])N(c2cc(Nc3ncc(C(=O)Nc4c(C)cccc4Cl)s3)nc(C)n2)C1([2H])[2H]. The van der Waals surface area contributed by atoms with E-state index in [1.165, 1.54) is 27.0 Å². The van der Waals surface area contributed by atoms with Crippen LogP contribution < -0.4 is 20.9 Å². The van der Waals surface area contributed by atoms with Crippen LogP contribution in [0.25, 0.3) is 0 Å². The minimum Gasteiger partial charge on any atom is -0.444 e. The lowest BCUT2D eigenvalue weighted by Gasteiger charge is -2.38. The van der Waals surface area contributed by atoms with Crippen molar-refractivity contribution in [3.63, 3.8) is 0 Å². The molecule has 44 heavy (non-hydrogen) atoms. The highest BCUT2D eigenvalue weighted by atomic mass is 35.5. The minimum atomic E-state index is -3.56. The second-order valence-corrected chi connectivity index (χ2v) is 12.5. The number of rotatable bonds is 8. The van der Waals surface area contributed by atoms with Crippen molar-refractivity contribution in [3.8, 4) is 0 Å². The van der Waals surface area contributed by atoms with Crippen LogP contribution in [-0.2, 0) is 9.53 Å². The predicted molar refractivity (Wildman–Crippen MR) is 173 cm³/mol. The molecule has 2 aromatic heterocycles. The van der Waals surface area contributed by atoms with E-state index in [0.717, 1.165) is 23.0 Å². The number of hydrogen-bond donors (Lipinski definition) is 3. The Morgan fingerprint density at radius 1 is 1.11 bits per heavy atom. The van der Waals surface area contributed by atoms with E-state index in [4.69, 9.17) is 27.3 Å². The molecule has 4 rings (SSSR count). The topological polar surface area (TPSA) is 142 Å². The van der Waals surface area contributed by atoms with E-state index < -0.39 is 67.3 Å². The summed E-state index contributed by atoms with van der Waals surface area (Å²) in [4.78, 5) is 52.2. The van der Waals surface area contributed by atoms with Gasteiger partial charge in [-0.1, -0.05) is 48.9 Å². The van der Waals surface area contributed by atoms with Crippen molar-refractivity contribution >= 4 is 63.3 Å². The number of para-hydroxylation sites is 1. The molecule has 14 heteroatoms. The number of benzene rings is 1. The highest BCUT2D eigenvalue weighted by molar-refractivity contribution is 7.17. The van der Waals surface area contributed by atoms with E-state index in [1.807, 2.05) is 0 Å². The number of hydrogen-bond acceptors (Lipinski definition) is 10. The fraction of sp³-hybridized carbons (Fsp3) is 0.467. The average Bonchev–Trinajstić information content (AvgIpc) is 3.43. The number of piperazine rings is 1. The summed E-state index contributed by atoms with van der Waals surface area (Å²) in [5.74, 6) is -3.38. The number of alkyl carbamates (subject to hydrolysis) is 1. The Balaban J connectivity index is 1.68. The number of nitrogens with one attached hydrogen (secondary N) is 3. The number of anilines is 4. The molecule has 3 aromatic rings. The Hall–Kier alpha value is -3.97. The zero-order valence-electron chi connectivity index (χ0n) is 33.2. The molecular formula is C30H39ClN8O4S. The van der Waals surface area contributed by atoms with Gasteiger partial charge in [0, 0.05) is 32.1 Å². The maximum absolute atomic E-state index is 13.9. The molecule has 0 bridgehead atoms. The summed E-state index contributed by atoms with van der Waals surface area (Å²) in [6.45, 7) is -3.22. The Kier molecular flexibility index (Phi) is 7.33. The van der Waals surface area contributed by atoms with Gasteiger partial charge in [-0.15, -0.1) is 0 Å². The zero-order valence-corrected chi connectivity index (χ0v) is 26.8. The number of amides is 3. The van der Waals surface area contributed by atoms with Gasteiger partial charge in [0.2, 0.25) is 5.91 Å². The van der Waals surface area contributed by atoms with E-state index in [-0.39, 0.29) is 31.5 Å². The van der Waals surface area contributed by atoms with Crippen LogP contribution >= 0.6 is 22.9 Å². The average molecular weight is 651 g/mol. The molecule has 236 valence electrons. The lowest BCUT2D eigenvalue weighted by atomic mass is 10.0. The summed E-state index contributed by atoms with van der Waals surface area (Å²) in [5, 5.41) is 8.37. The molecule has 1 aliphatic rings. The van der Waals surface area contributed by atoms with Crippen LogP contribution in [0.15, 0.2) is 30.5 Å². The van der Waals surface area contributed by atoms with Crippen LogP contribution in [0.2, 0.25) is 5.02 Å². The van der Waals surface area contributed by atoms with Crippen LogP contribution in [0.1, 0.15) is 66.6 Å². The van der Waals surface area contributed by atoms with E-state index in [1.54, 1.807) is 45.9 Å². The highest BCUT2D eigenvalue weighted by Crippen LogP contribution is 2.28. The highest BCUT2D eigenvalue weighted by Gasteiger charge is 2.32. The second kappa shape index (κ2) is 13.8. The van der Waals surface area contributed by atoms with Gasteiger partial charge >= 0.3 is 6.09 Å². The van der Waals surface area contributed by atoms with Gasteiger partial charge in [-0.3, -0.25) is 9.59 Å². The number of halogens is 1. The summed E-state index contributed by atoms with van der Waals surface area (Å²) in [7, 11) is 0. The number of aromatic nitrogens is 3. The van der Waals surface area contributed by atoms with Gasteiger partial charge in [0.25, 0.3) is 5.91 Å². The Labute approximate surface area is 277 Å². The van der Waals surface area contributed by atoms with Crippen molar-refractivity contribution in [2.75, 3.05) is 41.5 Å². The van der Waals surface area contributed by atoms with Crippen LogP contribution in [0.5, 0.6) is 0 Å². The first-order valence-corrected chi connectivity index (χ1v) is 14.7. The first-order chi connectivity index (χ1) is 23.7. The van der Waals surface area contributed by atoms with E-state index in [2.05, 4.69) is 30.9 Å². The Morgan fingerprint density at radius 2 is 1.82 bits per heavy atom. The normalized spacial score (nSPS) is 21.6. The smallest absolute Gasteiger partial charge is 0.408 e. The number of thiazole rings is 1. The number of carbonyl (C=O) groups is 3. The number of carbonyl (C=O) groups excluding carboxylic acids is 3. The van der Waals surface area contributed by atoms with Gasteiger partial charge in [0.15, 0.2) is 5.13 Å². The molecule has 1 unspecified atom stereocenters. The van der Waals surface area contributed by atoms with Gasteiger partial charge in [-0.05, 0) is 52.2 Å². The molecule has 3 N–H and O–H groups in total. The van der Waals surface area contributed by atoms with Crippen molar-refractivity contribution in [1.82, 2.24) is 25.2 Å². The van der Waals surface area contributed by atoms with E-state index in [0.29, 0.717) is 10.7 Å². The third-order valence-corrected chi connectivity index (χ3v) is 7.08. The molecule has 0 aliphatic carbocycles. The monoisotopic (exact) mass is 650 g/mol. The molecule has 12 nitrogen and oxygen atoms in total. The van der Waals surface area contributed by atoms with Crippen molar-refractivity contribution in [1.29, 1.82) is 0 Å². The zero-order chi connectivity index (χ0) is 39.4. The summed E-state index contributed by atoms with van der Waals surface area (Å²) in [6, 6.07) is 4.58. The molecule has 0 radical (unpaired) electrons. The second-order valence-electron chi connectivity index (χ2n) is 11.0. The molecule has 0 spiro atoms. The lowest BCUT2D eigenvalue weighted by molar-refractivity contribution is -0.134. The summed E-state index contributed by atoms with van der Waals surface area (Å²) < 4.78 is 76.0. The molecule has 0 saturated carbocycles. The molecule has 3 heterocycles. The van der Waals surface area contributed by atoms with Crippen LogP contribution in [0.4, 0.5) is 27.2 Å². The van der Waals surface area contributed by atoms with E-state index >= 15 is 0 Å². The molecule has 1 aliphatic heterocycles. The van der Waals surface area contributed by atoms with Gasteiger partial charge in [0.05, 0.1) is 27.9 Å². The van der Waals surface area contributed by atoms with Gasteiger partial charge < -0.3 is 30.5 Å². The third kappa shape index (κ3) is 8.56. The molecule has 3 amide bonds. The fourth-order valence-electron chi connectivity index (χ4n) is 3.81. The Morgan fingerprint density at radius 3 is 2.45 bits per heavy atom. The molecule has 1 fully saturated rings. The third-order valence-electron chi connectivity index (χ3n) is 5.85.